The smallest absolute Gasteiger partial charge is 0.248 e. The average Bonchev–Trinajstić information content (AvgIpc) is 2.32. The SMILES string of the molecule is COc1cnc(Cl)nc1NC1CCC(F)(F)CC1. The molecule has 0 atom stereocenters. The van der Waals surface area contributed by atoms with Gasteiger partial charge in [-0.15, -0.1) is 0 Å². The Morgan fingerprint density at radius 2 is 2.11 bits per heavy atom. The van der Waals surface area contributed by atoms with Gasteiger partial charge >= 0.3 is 0 Å². The van der Waals surface area contributed by atoms with Crippen molar-refractivity contribution in [1.29, 1.82) is 0 Å². The summed E-state index contributed by atoms with van der Waals surface area (Å²) in [5.41, 5.74) is 0. The van der Waals surface area contributed by atoms with Crippen molar-refractivity contribution in [2.24, 2.45) is 0 Å². The fourth-order valence-electron chi connectivity index (χ4n) is 1.98. The third-order valence-electron chi connectivity index (χ3n) is 3.00. The summed E-state index contributed by atoms with van der Waals surface area (Å²) in [7, 11) is 1.49. The first kappa shape index (κ1) is 13.3. The summed E-state index contributed by atoms with van der Waals surface area (Å²) in [6.07, 6.45) is 2.04. The maximum absolute atomic E-state index is 13.0. The van der Waals surface area contributed by atoms with E-state index in [0.717, 1.165) is 0 Å². The largest absolute Gasteiger partial charge is 0.491 e. The zero-order chi connectivity index (χ0) is 13.2. The lowest BCUT2D eigenvalue weighted by atomic mass is 9.92. The van der Waals surface area contributed by atoms with Gasteiger partial charge in [-0.3, -0.25) is 0 Å². The summed E-state index contributed by atoms with van der Waals surface area (Å²) in [6.45, 7) is 0. The minimum absolute atomic E-state index is 0.0375. The highest BCUT2D eigenvalue weighted by molar-refractivity contribution is 6.28. The van der Waals surface area contributed by atoms with Crippen molar-refractivity contribution < 1.29 is 13.5 Å². The van der Waals surface area contributed by atoms with Crippen LogP contribution in [0.5, 0.6) is 5.75 Å². The predicted molar refractivity (Wildman–Crippen MR) is 64.4 cm³/mol. The highest BCUT2D eigenvalue weighted by Crippen LogP contribution is 2.35. The van der Waals surface area contributed by atoms with Gasteiger partial charge in [0.2, 0.25) is 11.2 Å². The first-order chi connectivity index (χ1) is 8.50. The molecule has 0 spiro atoms. The summed E-state index contributed by atoms with van der Waals surface area (Å²) in [5.74, 6) is -1.63. The molecule has 0 aromatic carbocycles. The van der Waals surface area contributed by atoms with Crippen LogP contribution in [0.2, 0.25) is 5.28 Å². The fourth-order valence-corrected chi connectivity index (χ4v) is 2.11. The van der Waals surface area contributed by atoms with E-state index in [2.05, 4.69) is 15.3 Å². The van der Waals surface area contributed by atoms with Crippen LogP contribution in [-0.4, -0.2) is 29.0 Å². The number of hydrogen-bond donors (Lipinski definition) is 1. The van der Waals surface area contributed by atoms with Gasteiger partial charge in [0.05, 0.1) is 13.3 Å². The Labute approximate surface area is 109 Å². The lowest BCUT2D eigenvalue weighted by Crippen LogP contribution is -2.32. The average molecular weight is 278 g/mol. The van der Waals surface area contributed by atoms with Crippen molar-refractivity contribution >= 4 is 17.4 Å². The maximum Gasteiger partial charge on any atom is 0.248 e. The summed E-state index contributed by atoms with van der Waals surface area (Å²) in [6, 6.07) is -0.0375. The topological polar surface area (TPSA) is 47.0 Å². The number of rotatable bonds is 3. The van der Waals surface area contributed by atoms with Crippen LogP contribution in [0.15, 0.2) is 6.20 Å². The van der Waals surface area contributed by atoms with E-state index >= 15 is 0 Å². The van der Waals surface area contributed by atoms with Crippen LogP contribution >= 0.6 is 11.6 Å². The molecule has 0 aliphatic heterocycles. The van der Waals surface area contributed by atoms with Crippen LogP contribution in [0.3, 0.4) is 0 Å². The molecule has 0 bridgehead atoms. The van der Waals surface area contributed by atoms with Gasteiger partial charge in [-0.2, -0.15) is 4.98 Å². The van der Waals surface area contributed by atoms with Crippen molar-refractivity contribution in [3.63, 3.8) is 0 Å². The lowest BCUT2D eigenvalue weighted by molar-refractivity contribution is -0.0361. The summed E-state index contributed by atoms with van der Waals surface area (Å²) in [4.78, 5) is 7.80. The van der Waals surface area contributed by atoms with Crippen molar-refractivity contribution in [3.05, 3.63) is 11.5 Å². The summed E-state index contributed by atoms with van der Waals surface area (Å²) >= 11 is 5.70. The highest BCUT2D eigenvalue weighted by atomic mass is 35.5. The Morgan fingerprint density at radius 3 is 2.72 bits per heavy atom. The van der Waals surface area contributed by atoms with Crippen molar-refractivity contribution in [1.82, 2.24) is 9.97 Å². The molecule has 18 heavy (non-hydrogen) atoms. The molecule has 0 radical (unpaired) electrons. The third kappa shape index (κ3) is 3.19. The van der Waals surface area contributed by atoms with Gasteiger partial charge in [-0.1, -0.05) is 0 Å². The number of nitrogens with zero attached hydrogens (tertiary/aromatic N) is 2. The Hall–Kier alpha value is -1.17. The van der Waals surface area contributed by atoms with Crippen molar-refractivity contribution in [2.45, 2.75) is 37.6 Å². The monoisotopic (exact) mass is 277 g/mol. The second-order valence-electron chi connectivity index (χ2n) is 4.33. The zero-order valence-corrected chi connectivity index (χ0v) is 10.7. The minimum atomic E-state index is -2.54. The number of anilines is 1. The van der Waals surface area contributed by atoms with Gasteiger partial charge < -0.3 is 10.1 Å². The molecule has 1 aromatic heterocycles. The maximum atomic E-state index is 13.0. The van der Waals surface area contributed by atoms with E-state index in [1.54, 1.807) is 0 Å². The molecular formula is C11H14ClF2N3O. The molecule has 1 aliphatic carbocycles. The standard InChI is InChI=1S/C11H14ClF2N3O/c1-18-8-6-15-10(12)17-9(8)16-7-2-4-11(13,14)5-3-7/h6-7H,2-5H2,1H3,(H,15,16,17). The lowest BCUT2D eigenvalue weighted by Gasteiger charge is -2.29. The molecule has 1 N–H and O–H groups in total. The van der Waals surface area contributed by atoms with E-state index in [0.29, 0.717) is 24.4 Å². The van der Waals surface area contributed by atoms with Crippen LogP contribution in [-0.2, 0) is 0 Å². The van der Waals surface area contributed by atoms with Crippen LogP contribution in [0.4, 0.5) is 14.6 Å². The van der Waals surface area contributed by atoms with Gasteiger partial charge in [-0.05, 0) is 24.4 Å². The molecule has 0 amide bonds. The number of halogens is 3. The Balaban J connectivity index is 2.04. The Bertz CT molecular complexity index is 421. The Morgan fingerprint density at radius 1 is 1.44 bits per heavy atom. The normalized spacial score (nSPS) is 19.6. The molecule has 1 fully saturated rings. The third-order valence-corrected chi connectivity index (χ3v) is 3.19. The molecule has 0 saturated heterocycles. The number of hydrogen-bond acceptors (Lipinski definition) is 4. The van der Waals surface area contributed by atoms with E-state index in [4.69, 9.17) is 16.3 Å². The minimum Gasteiger partial charge on any atom is -0.491 e. The first-order valence-corrected chi connectivity index (χ1v) is 6.09. The molecule has 2 rings (SSSR count). The van der Waals surface area contributed by atoms with Crippen LogP contribution in [0.25, 0.3) is 0 Å². The van der Waals surface area contributed by atoms with Gasteiger partial charge in [0.25, 0.3) is 0 Å². The molecule has 7 heteroatoms. The second kappa shape index (κ2) is 5.22. The fraction of sp³-hybridized carbons (Fsp3) is 0.636. The van der Waals surface area contributed by atoms with Gasteiger partial charge in [0.15, 0.2) is 11.6 Å². The number of alkyl halides is 2. The molecule has 100 valence electrons. The first-order valence-electron chi connectivity index (χ1n) is 5.71. The highest BCUT2D eigenvalue weighted by Gasteiger charge is 2.35. The van der Waals surface area contributed by atoms with Crippen LogP contribution in [0, 0.1) is 0 Å². The Kier molecular flexibility index (Phi) is 3.85. The summed E-state index contributed by atoms with van der Waals surface area (Å²) in [5, 5.41) is 3.18. The molecule has 1 heterocycles. The summed E-state index contributed by atoms with van der Waals surface area (Å²) < 4.78 is 31.1. The van der Waals surface area contributed by atoms with E-state index in [9.17, 15) is 8.78 Å². The molecule has 0 unspecified atom stereocenters. The van der Waals surface area contributed by atoms with Crippen molar-refractivity contribution in [2.75, 3.05) is 12.4 Å². The molecule has 1 aliphatic rings. The second-order valence-corrected chi connectivity index (χ2v) is 4.67. The van der Waals surface area contributed by atoms with Crippen molar-refractivity contribution in [3.8, 4) is 5.75 Å². The number of ether oxygens (including phenoxy) is 1. The van der Waals surface area contributed by atoms with Gasteiger partial charge in [-0.25, -0.2) is 13.8 Å². The number of methoxy groups -OCH3 is 1. The van der Waals surface area contributed by atoms with Crippen LogP contribution in [0.1, 0.15) is 25.7 Å². The van der Waals surface area contributed by atoms with E-state index < -0.39 is 5.92 Å². The quantitative estimate of drug-likeness (QED) is 0.863. The van der Waals surface area contributed by atoms with Gasteiger partial charge in [0.1, 0.15) is 0 Å². The molecular weight excluding hydrogens is 264 g/mol. The van der Waals surface area contributed by atoms with Crippen LogP contribution < -0.4 is 10.1 Å². The molecule has 4 nitrogen and oxygen atoms in total. The van der Waals surface area contributed by atoms with E-state index in [1.165, 1.54) is 13.3 Å². The zero-order valence-electron chi connectivity index (χ0n) is 9.92. The molecule has 1 saturated carbocycles. The van der Waals surface area contributed by atoms with E-state index in [1.807, 2.05) is 0 Å². The number of nitrogens with one attached hydrogen (secondary N) is 1. The predicted octanol–water partition coefficient (Wildman–Crippen LogP) is 3.13. The number of aromatic nitrogens is 2. The van der Waals surface area contributed by atoms with Gasteiger partial charge in [0, 0.05) is 18.9 Å². The molecule has 1 aromatic rings. The van der Waals surface area contributed by atoms with E-state index in [-0.39, 0.29) is 24.2 Å².